The van der Waals surface area contributed by atoms with Gasteiger partial charge < -0.3 is 0 Å². The molecule has 16 heavy (non-hydrogen) atoms. The van der Waals surface area contributed by atoms with Gasteiger partial charge in [-0.25, -0.2) is 0 Å². The summed E-state index contributed by atoms with van der Waals surface area (Å²) in [6.07, 6.45) is 0. The summed E-state index contributed by atoms with van der Waals surface area (Å²) in [5.74, 6) is -0.429. The van der Waals surface area contributed by atoms with Crippen LogP contribution in [0.4, 0.5) is 5.69 Å². The number of carbonyl (C=O) groups is 1. The molecule has 1 aromatic rings. The van der Waals surface area contributed by atoms with Crippen LogP contribution in [0.1, 0.15) is 0 Å². The van der Waals surface area contributed by atoms with E-state index < -0.39 is 10.5 Å². The van der Waals surface area contributed by atoms with Crippen LogP contribution in [-0.2, 0) is 4.79 Å². The Bertz CT molecular complexity index is 452. The highest BCUT2D eigenvalue weighted by Crippen LogP contribution is 2.41. The Labute approximate surface area is 100 Å². The summed E-state index contributed by atoms with van der Waals surface area (Å²) in [5.41, 5.74) is 5.83. The number of amides is 1. The van der Waals surface area contributed by atoms with Crippen molar-refractivity contribution in [1.82, 2.24) is 0 Å². The van der Waals surface area contributed by atoms with E-state index >= 15 is 0 Å². The first-order chi connectivity index (χ1) is 7.59. The molecule has 0 radical (unpaired) electrons. The van der Waals surface area contributed by atoms with Crippen molar-refractivity contribution in [3.05, 3.63) is 24.3 Å². The second-order valence-electron chi connectivity index (χ2n) is 3.09. The van der Waals surface area contributed by atoms with Crippen LogP contribution in [0, 0.1) is 0 Å². The number of nitrogens with two attached hydrogens (primary N) is 2. The highest BCUT2D eigenvalue weighted by molar-refractivity contribution is 8.25. The number of thioether (sulfide) groups is 2. The summed E-state index contributed by atoms with van der Waals surface area (Å²) in [6, 6.07) is 7.10. The van der Waals surface area contributed by atoms with Crippen molar-refractivity contribution in [2.24, 2.45) is 5.73 Å². The molecule has 1 heterocycles. The number of nitrogens with zero attached hydrogens (tertiary/aromatic N) is 1. The van der Waals surface area contributed by atoms with E-state index in [9.17, 15) is 10.0 Å². The molecule has 84 valence electrons. The number of rotatable bonds is 1. The van der Waals surface area contributed by atoms with Crippen LogP contribution in [-0.4, -0.2) is 20.9 Å². The Morgan fingerprint density at radius 1 is 1.56 bits per heavy atom. The third-order valence-electron chi connectivity index (χ3n) is 1.98. The van der Waals surface area contributed by atoms with Gasteiger partial charge in [0.1, 0.15) is 4.58 Å². The van der Waals surface area contributed by atoms with Gasteiger partial charge in [0.2, 0.25) is 0 Å². The molecule has 1 aliphatic rings. The lowest BCUT2D eigenvalue weighted by Crippen LogP contribution is -2.46. The third kappa shape index (κ3) is 2.01. The Morgan fingerprint density at radius 3 is 2.94 bits per heavy atom. The lowest BCUT2D eigenvalue weighted by Gasteiger charge is -2.27. The zero-order valence-corrected chi connectivity index (χ0v) is 9.79. The van der Waals surface area contributed by atoms with Crippen molar-refractivity contribution < 1.29 is 15.4 Å². The highest BCUT2D eigenvalue weighted by Gasteiger charge is 2.34. The quantitative estimate of drug-likeness (QED) is 0.363. The van der Waals surface area contributed by atoms with E-state index in [4.69, 9.17) is 11.1 Å². The molecule has 1 unspecified atom stereocenters. The SMILES string of the molecule is NC(=[NH2+])SC1Sc2ccccc2N(O)C1=O. The Morgan fingerprint density at radius 2 is 2.25 bits per heavy atom. The molecule has 0 fully saturated rings. The van der Waals surface area contributed by atoms with Crippen LogP contribution < -0.4 is 16.2 Å². The zero-order chi connectivity index (χ0) is 11.7. The molecule has 0 aliphatic carbocycles. The summed E-state index contributed by atoms with van der Waals surface area (Å²) in [5, 5.41) is 15.8. The molecule has 1 aliphatic heterocycles. The molecule has 5 nitrogen and oxygen atoms in total. The molecule has 7 heteroatoms. The van der Waals surface area contributed by atoms with Gasteiger partial charge in [-0.2, -0.15) is 5.06 Å². The van der Waals surface area contributed by atoms with Gasteiger partial charge in [0.05, 0.1) is 5.69 Å². The van der Waals surface area contributed by atoms with Crippen molar-refractivity contribution in [2.75, 3.05) is 5.06 Å². The fraction of sp³-hybridized carbons (Fsp3) is 0.111. The number of carbonyl (C=O) groups excluding carboxylic acids is 1. The lowest BCUT2D eigenvalue weighted by molar-refractivity contribution is -0.122. The minimum atomic E-state index is -0.537. The molecule has 0 saturated heterocycles. The number of amidine groups is 1. The van der Waals surface area contributed by atoms with Gasteiger partial charge in [-0.15, -0.1) is 0 Å². The average molecular weight is 256 g/mol. The number of fused-ring (bicyclic) bond motifs is 1. The fourth-order valence-electron chi connectivity index (χ4n) is 1.31. The molecule has 1 amide bonds. The monoisotopic (exact) mass is 256 g/mol. The second kappa shape index (κ2) is 4.36. The maximum Gasteiger partial charge on any atom is 0.301 e. The zero-order valence-electron chi connectivity index (χ0n) is 8.16. The number of para-hydroxylation sites is 1. The smallest absolute Gasteiger partial charge is 0.282 e. The van der Waals surface area contributed by atoms with Gasteiger partial charge in [0, 0.05) is 4.90 Å². The normalized spacial score (nSPS) is 19.4. The lowest BCUT2D eigenvalue weighted by atomic mass is 10.3. The van der Waals surface area contributed by atoms with E-state index in [1.54, 1.807) is 12.1 Å². The molecule has 1 aromatic carbocycles. The van der Waals surface area contributed by atoms with Crippen LogP contribution >= 0.6 is 23.5 Å². The van der Waals surface area contributed by atoms with Crippen LogP contribution in [0.2, 0.25) is 0 Å². The maximum absolute atomic E-state index is 11.7. The summed E-state index contributed by atoms with van der Waals surface area (Å²) >= 11 is 2.36. The first-order valence-electron chi connectivity index (χ1n) is 4.42. The predicted octanol–water partition coefficient (Wildman–Crippen LogP) is -0.352. The third-order valence-corrected chi connectivity index (χ3v) is 4.26. The van der Waals surface area contributed by atoms with E-state index in [1.165, 1.54) is 11.8 Å². The molecule has 0 spiro atoms. The van der Waals surface area contributed by atoms with Crippen molar-refractivity contribution in [3.63, 3.8) is 0 Å². The Kier molecular flexibility index (Phi) is 3.08. The van der Waals surface area contributed by atoms with E-state index in [0.29, 0.717) is 10.8 Å². The number of hydroxylamine groups is 1. The van der Waals surface area contributed by atoms with Gasteiger partial charge in [-0.05, 0) is 23.9 Å². The molecule has 0 bridgehead atoms. The van der Waals surface area contributed by atoms with Crippen LogP contribution in [0.3, 0.4) is 0 Å². The molecular weight excluding hydrogens is 246 g/mol. The summed E-state index contributed by atoms with van der Waals surface area (Å²) in [6.45, 7) is 0. The van der Waals surface area contributed by atoms with Gasteiger partial charge >= 0.3 is 5.17 Å². The number of hydrogen-bond donors (Lipinski definition) is 3. The molecule has 2 rings (SSSR count). The van der Waals surface area contributed by atoms with Crippen LogP contribution in [0.5, 0.6) is 0 Å². The summed E-state index contributed by atoms with van der Waals surface area (Å²) < 4.78 is -0.537. The first kappa shape index (κ1) is 11.3. The standard InChI is InChI=1S/C9H9N3O2S2/c10-9(11)16-8-7(13)12(14)5-3-1-2-4-6(5)15-8/h1-4,8,14H,(H3,10,11)/p+1. The Hall–Kier alpha value is -1.18. The molecule has 0 aromatic heterocycles. The van der Waals surface area contributed by atoms with E-state index in [0.717, 1.165) is 16.7 Å². The van der Waals surface area contributed by atoms with Crippen molar-refractivity contribution in [3.8, 4) is 0 Å². The number of benzene rings is 1. The van der Waals surface area contributed by atoms with Crippen molar-refractivity contribution in [1.29, 1.82) is 0 Å². The van der Waals surface area contributed by atoms with E-state index in [1.807, 2.05) is 12.1 Å². The van der Waals surface area contributed by atoms with Crippen LogP contribution in [0.25, 0.3) is 0 Å². The molecule has 1 atom stereocenters. The predicted molar refractivity (Wildman–Crippen MR) is 64.1 cm³/mol. The van der Waals surface area contributed by atoms with E-state index in [-0.39, 0.29) is 5.17 Å². The van der Waals surface area contributed by atoms with Gasteiger partial charge in [-0.1, -0.05) is 23.9 Å². The van der Waals surface area contributed by atoms with Gasteiger partial charge in [-0.3, -0.25) is 21.1 Å². The second-order valence-corrected chi connectivity index (χ2v) is 5.71. The first-order valence-corrected chi connectivity index (χ1v) is 6.18. The van der Waals surface area contributed by atoms with E-state index in [2.05, 4.69) is 0 Å². The number of anilines is 1. The minimum Gasteiger partial charge on any atom is -0.282 e. The van der Waals surface area contributed by atoms with Crippen LogP contribution in [0.15, 0.2) is 29.2 Å². The number of hydrogen-bond acceptors (Lipinski definition) is 4. The minimum absolute atomic E-state index is 0.110. The van der Waals surface area contributed by atoms with Gasteiger partial charge in [0.25, 0.3) is 5.91 Å². The Balaban J connectivity index is 2.32. The summed E-state index contributed by atoms with van der Waals surface area (Å²) in [4.78, 5) is 12.6. The fourth-order valence-corrected chi connectivity index (χ4v) is 3.46. The van der Waals surface area contributed by atoms with Gasteiger partial charge in [0.15, 0.2) is 0 Å². The molecular formula is C9H10N3O2S2+. The topological polar surface area (TPSA) is 92.2 Å². The maximum atomic E-state index is 11.7. The largest absolute Gasteiger partial charge is 0.301 e. The molecule has 0 saturated carbocycles. The molecule has 5 N–H and O–H groups in total. The average Bonchev–Trinajstić information content (AvgIpc) is 2.25. The summed E-state index contributed by atoms with van der Waals surface area (Å²) in [7, 11) is 0. The van der Waals surface area contributed by atoms with Crippen molar-refractivity contribution >= 4 is 40.3 Å². The highest BCUT2D eigenvalue weighted by atomic mass is 32.2. The van der Waals surface area contributed by atoms with Crippen molar-refractivity contribution in [2.45, 2.75) is 9.48 Å².